The third kappa shape index (κ3) is 2.62. The van der Waals surface area contributed by atoms with Gasteiger partial charge >= 0.3 is 0 Å². The van der Waals surface area contributed by atoms with Crippen LogP contribution in [0.1, 0.15) is 61.9 Å². The van der Waals surface area contributed by atoms with Crippen molar-refractivity contribution in [1.82, 2.24) is 20.0 Å². The second-order valence-corrected chi connectivity index (χ2v) is 7.62. The number of nitrogens with one attached hydrogen (secondary N) is 1. The van der Waals surface area contributed by atoms with Crippen LogP contribution in [-0.2, 0) is 4.79 Å². The first-order valence-corrected chi connectivity index (χ1v) is 9.29. The van der Waals surface area contributed by atoms with Crippen molar-refractivity contribution in [2.45, 2.75) is 57.4 Å². The molecule has 2 aliphatic heterocycles. The number of aromatic nitrogens is 2. The maximum atomic E-state index is 13.3. The van der Waals surface area contributed by atoms with Gasteiger partial charge in [0.05, 0.1) is 5.41 Å². The summed E-state index contributed by atoms with van der Waals surface area (Å²) in [7, 11) is 0. The average molecular weight is 330 g/mol. The molecule has 1 N–H and O–H groups in total. The lowest BCUT2D eigenvalue weighted by molar-refractivity contribution is -0.149. The summed E-state index contributed by atoms with van der Waals surface area (Å²) in [5, 5.41) is 6.60. The van der Waals surface area contributed by atoms with Crippen LogP contribution < -0.4 is 0 Å². The minimum Gasteiger partial charge on any atom is -0.339 e. The van der Waals surface area contributed by atoms with Crippen molar-refractivity contribution in [3.63, 3.8) is 0 Å². The van der Waals surface area contributed by atoms with Crippen molar-refractivity contribution in [3.05, 3.63) is 18.0 Å². The van der Waals surface area contributed by atoms with Gasteiger partial charge in [0.1, 0.15) is 5.69 Å². The van der Waals surface area contributed by atoms with E-state index in [-0.39, 0.29) is 11.3 Å². The van der Waals surface area contributed by atoms with Gasteiger partial charge < -0.3 is 9.80 Å². The van der Waals surface area contributed by atoms with E-state index < -0.39 is 0 Å². The molecule has 2 saturated heterocycles. The van der Waals surface area contributed by atoms with E-state index in [9.17, 15) is 9.59 Å². The molecule has 24 heavy (non-hydrogen) atoms. The predicted octanol–water partition coefficient (Wildman–Crippen LogP) is 2.20. The van der Waals surface area contributed by atoms with Crippen molar-refractivity contribution >= 4 is 11.8 Å². The van der Waals surface area contributed by atoms with E-state index >= 15 is 0 Å². The molecule has 1 atom stereocenters. The Hall–Kier alpha value is -1.85. The lowest BCUT2D eigenvalue weighted by Gasteiger charge is -2.44. The molecule has 1 spiro atoms. The normalized spacial score (nSPS) is 28.8. The lowest BCUT2D eigenvalue weighted by Crippen LogP contribution is -2.54. The fraction of sp³-hybridized carbons (Fsp3) is 0.722. The summed E-state index contributed by atoms with van der Waals surface area (Å²) in [6, 6.07) is 2.13. The minimum absolute atomic E-state index is 0.0352. The molecular weight excluding hydrogens is 304 g/mol. The zero-order valence-corrected chi connectivity index (χ0v) is 14.2. The average Bonchev–Trinajstić information content (AvgIpc) is 3.29. The van der Waals surface area contributed by atoms with Crippen LogP contribution in [0.3, 0.4) is 0 Å². The zero-order chi connectivity index (χ0) is 16.6. The van der Waals surface area contributed by atoms with E-state index in [0.717, 1.165) is 38.6 Å². The van der Waals surface area contributed by atoms with Gasteiger partial charge in [-0.3, -0.25) is 14.7 Å². The minimum atomic E-state index is -0.342. The molecule has 6 heteroatoms. The fourth-order valence-electron chi connectivity index (χ4n) is 4.81. The van der Waals surface area contributed by atoms with Gasteiger partial charge in [0.2, 0.25) is 5.91 Å². The predicted molar refractivity (Wildman–Crippen MR) is 89.4 cm³/mol. The Bertz CT molecular complexity index is 609. The Balaban J connectivity index is 1.48. The Morgan fingerprint density at radius 1 is 1.17 bits per heavy atom. The van der Waals surface area contributed by atoms with Gasteiger partial charge in [-0.1, -0.05) is 19.3 Å². The Kier molecular flexibility index (Phi) is 4.06. The van der Waals surface area contributed by atoms with Gasteiger partial charge in [0, 0.05) is 31.9 Å². The first kappa shape index (κ1) is 15.7. The van der Waals surface area contributed by atoms with E-state index in [1.165, 1.54) is 19.3 Å². The van der Waals surface area contributed by atoms with Crippen LogP contribution in [0.4, 0.5) is 0 Å². The van der Waals surface area contributed by atoms with E-state index in [1.807, 2.05) is 4.90 Å². The van der Waals surface area contributed by atoms with Crippen LogP contribution in [0.2, 0.25) is 0 Å². The molecule has 130 valence electrons. The number of piperidine rings is 1. The van der Waals surface area contributed by atoms with Gasteiger partial charge in [0.15, 0.2) is 0 Å². The molecule has 0 bridgehead atoms. The first-order chi connectivity index (χ1) is 11.7. The SMILES string of the molecule is O=C(c1ccn[nH]1)N1CCC2(CCCN(C3CCCCC3)C2=O)C1. The maximum absolute atomic E-state index is 13.3. The third-order valence-corrected chi connectivity index (χ3v) is 6.16. The van der Waals surface area contributed by atoms with Crippen LogP contribution in [0, 0.1) is 5.41 Å². The molecule has 1 aliphatic carbocycles. The van der Waals surface area contributed by atoms with Gasteiger partial charge in [-0.05, 0) is 38.2 Å². The Labute approximate surface area is 142 Å². The van der Waals surface area contributed by atoms with Crippen LogP contribution in [0.15, 0.2) is 12.3 Å². The number of H-pyrrole nitrogens is 1. The monoisotopic (exact) mass is 330 g/mol. The van der Waals surface area contributed by atoms with E-state index in [2.05, 4.69) is 15.1 Å². The molecule has 3 fully saturated rings. The molecule has 6 nitrogen and oxygen atoms in total. The van der Waals surface area contributed by atoms with E-state index in [0.29, 0.717) is 30.7 Å². The first-order valence-electron chi connectivity index (χ1n) is 9.29. The number of nitrogens with zero attached hydrogens (tertiary/aromatic N) is 3. The van der Waals surface area contributed by atoms with Gasteiger partial charge in [-0.25, -0.2) is 0 Å². The number of rotatable bonds is 2. The number of hydrogen-bond donors (Lipinski definition) is 1. The lowest BCUT2D eigenvalue weighted by atomic mass is 9.77. The molecule has 3 heterocycles. The summed E-state index contributed by atoms with van der Waals surface area (Å²) >= 11 is 0. The number of likely N-dealkylation sites (tertiary alicyclic amines) is 2. The summed E-state index contributed by atoms with van der Waals surface area (Å²) in [4.78, 5) is 29.8. The Morgan fingerprint density at radius 2 is 2.00 bits per heavy atom. The summed E-state index contributed by atoms with van der Waals surface area (Å²) < 4.78 is 0. The van der Waals surface area contributed by atoms with Crippen LogP contribution in [0.25, 0.3) is 0 Å². The molecule has 4 rings (SSSR count). The van der Waals surface area contributed by atoms with Crippen molar-refractivity contribution in [2.75, 3.05) is 19.6 Å². The molecule has 1 saturated carbocycles. The molecule has 0 radical (unpaired) electrons. The van der Waals surface area contributed by atoms with Crippen LogP contribution >= 0.6 is 0 Å². The fourth-order valence-corrected chi connectivity index (χ4v) is 4.81. The van der Waals surface area contributed by atoms with E-state index in [1.54, 1.807) is 12.3 Å². The van der Waals surface area contributed by atoms with E-state index in [4.69, 9.17) is 0 Å². The summed E-state index contributed by atoms with van der Waals surface area (Å²) in [5.41, 5.74) is 0.171. The van der Waals surface area contributed by atoms with Crippen molar-refractivity contribution in [3.8, 4) is 0 Å². The number of hydrogen-bond acceptors (Lipinski definition) is 3. The molecule has 3 aliphatic rings. The smallest absolute Gasteiger partial charge is 0.271 e. The highest BCUT2D eigenvalue weighted by Gasteiger charge is 2.50. The molecule has 2 amide bonds. The highest BCUT2D eigenvalue weighted by atomic mass is 16.2. The van der Waals surface area contributed by atoms with Crippen molar-refractivity contribution in [2.24, 2.45) is 5.41 Å². The summed E-state index contributed by atoms with van der Waals surface area (Å²) in [6.45, 7) is 2.13. The molecular formula is C18H26N4O2. The molecule has 1 aromatic rings. The second-order valence-electron chi connectivity index (χ2n) is 7.62. The molecule has 1 aromatic heterocycles. The highest BCUT2D eigenvalue weighted by molar-refractivity contribution is 5.93. The van der Waals surface area contributed by atoms with Gasteiger partial charge in [-0.2, -0.15) is 5.10 Å². The van der Waals surface area contributed by atoms with Gasteiger partial charge in [0.25, 0.3) is 5.91 Å². The topological polar surface area (TPSA) is 69.3 Å². The number of carbonyl (C=O) groups is 2. The molecule has 1 unspecified atom stereocenters. The van der Waals surface area contributed by atoms with Crippen molar-refractivity contribution in [1.29, 1.82) is 0 Å². The highest BCUT2D eigenvalue weighted by Crippen LogP contribution is 2.42. The largest absolute Gasteiger partial charge is 0.339 e. The number of carbonyl (C=O) groups excluding carboxylic acids is 2. The Morgan fingerprint density at radius 3 is 2.75 bits per heavy atom. The summed E-state index contributed by atoms with van der Waals surface area (Å²) in [5.74, 6) is 0.271. The number of amides is 2. The van der Waals surface area contributed by atoms with Crippen LogP contribution in [0.5, 0.6) is 0 Å². The third-order valence-electron chi connectivity index (χ3n) is 6.16. The quantitative estimate of drug-likeness (QED) is 0.904. The maximum Gasteiger partial charge on any atom is 0.271 e. The number of aromatic amines is 1. The standard InChI is InChI=1S/C18H26N4O2/c23-16(15-7-10-19-20-15)21-12-9-18(13-21)8-4-11-22(17(18)24)14-5-2-1-3-6-14/h7,10,14H,1-6,8-9,11-13H2,(H,19,20). The second kappa shape index (κ2) is 6.22. The van der Waals surface area contributed by atoms with Crippen LogP contribution in [-0.4, -0.2) is 57.5 Å². The van der Waals surface area contributed by atoms with Crippen molar-refractivity contribution < 1.29 is 9.59 Å². The molecule has 0 aromatic carbocycles. The zero-order valence-electron chi connectivity index (χ0n) is 14.2. The summed E-state index contributed by atoms with van der Waals surface area (Å²) in [6.07, 6.45) is 10.5. The van der Waals surface area contributed by atoms with Gasteiger partial charge in [-0.15, -0.1) is 0 Å².